The lowest BCUT2D eigenvalue weighted by molar-refractivity contribution is 0.268. The maximum atomic E-state index is 9.37. The molecule has 0 spiro atoms. The third kappa shape index (κ3) is 2.96. The monoisotopic (exact) mass is 252 g/mol. The number of aliphatic hydroxyl groups excluding tert-OH is 1. The maximum absolute atomic E-state index is 9.37. The van der Waals surface area contributed by atoms with Crippen molar-refractivity contribution in [3.63, 3.8) is 0 Å². The number of methoxy groups -OCH3 is 2. The lowest BCUT2D eigenvalue weighted by Gasteiger charge is -2.26. The zero-order chi connectivity index (χ0) is 13.9. The van der Waals surface area contributed by atoms with E-state index in [9.17, 15) is 5.11 Å². The molecule has 0 aliphatic carbocycles. The Morgan fingerprint density at radius 3 is 2.17 bits per heavy atom. The lowest BCUT2D eigenvalue weighted by atomic mass is 9.83. The van der Waals surface area contributed by atoms with E-state index in [1.807, 2.05) is 19.1 Å². The lowest BCUT2D eigenvalue weighted by Crippen LogP contribution is -2.15. The first-order valence-corrected chi connectivity index (χ1v) is 6.22. The van der Waals surface area contributed by atoms with E-state index in [1.165, 1.54) is 0 Å². The number of hydrogen-bond acceptors (Lipinski definition) is 3. The summed E-state index contributed by atoms with van der Waals surface area (Å²) in [7, 11) is 3.33. The Morgan fingerprint density at radius 1 is 1.17 bits per heavy atom. The molecule has 18 heavy (non-hydrogen) atoms. The molecule has 1 atom stereocenters. The van der Waals surface area contributed by atoms with Crippen molar-refractivity contribution in [2.24, 2.45) is 0 Å². The van der Waals surface area contributed by atoms with Gasteiger partial charge in [-0.1, -0.05) is 27.7 Å². The standard InChI is InChI=1S/C15H24O3/c1-10(9-16)12-7-11(17-5)8-13(14(12)18-6)15(2,3)4/h7-8,10,16H,9H2,1-6H3. The summed E-state index contributed by atoms with van der Waals surface area (Å²) in [4.78, 5) is 0. The van der Waals surface area contributed by atoms with E-state index in [4.69, 9.17) is 9.47 Å². The van der Waals surface area contributed by atoms with Crippen LogP contribution in [0.25, 0.3) is 0 Å². The smallest absolute Gasteiger partial charge is 0.126 e. The quantitative estimate of drug-likeness (QED) is 0.895. The van der Waals surface area contributed by atoms with Crippen LogP contribution in [-0.4, -0.2) is 25.9 Å². The predicted octanol–water partition coefficient (Wildman–Crippen LogP) is 3.10. The van der Waals surface area contributed by atoms with Gasteiger partial charge in [0.1, 0.15) is 11.5 Å². The number of aliphatic hydroxyl groups is 1. The van der Waals surface area contributed by atoms with Gasteiger partial charge in [-0.15, -0.1) is 0 Å². The highest BCUT2D eigenvalue weighted by Crippen LogP contribution is 2.40. The minimum absolute atomic E-state index is 0.0242. The van der Waals surface area contributed by atoms with Gasteiger partial charge >= 0.3 is 0 Å². The highest BCUT2D eigenvalue weighted by Gasteiger charge is 2.24. The van der Waals surface area contributed by atoms with E-state index in [0.29, 0.717) is 0 Å². The van der Waals surface area contributed by atoms with Gasteiger partial charge in [0.25, 0.3) is 0 Å². The SMILES string of the molecule is COc1cc(C(C)CO)c(OC)c(C(C)(C)C)c1. The summed E-state index contributed by atoms with van der Waals surface area (Å²) in [6.07, 6.45) is 0. The van der Waals surface area contributed by atoms with Crippen molar-refractivity contribution >= 4 is 0 Å². The van der Waals surface area contributed by atoms with E-state index in [2.05, 4.69) is 20.8 Å². The molecule has 0 heterocycles. The third-order valence-corrected chi connectivity index (χ3v) is 3.14. The minimum atomic E-state index is -0.0379. The molecule has 1 aromatic rings. The number of hydrogen-bond donors (Lipinski definition) is 1. The van der Waals surface area contributed by atoms with Crippen LogP contribution in [0.2, 0.25) is 0 Å². The summed E-state index contributed by atoms with van der Waals surface area (Å²) >= 11 is 0. The molecule has 1 rings (SSSR count). The zero-order valence-electron chi connectivity index (χ0n) is 12.2. The molecule has 3 nitrogen and oxygen atoms in total. The summed E-state index contributed by atoms with van der Waals surface area (Å²) in [5.74, 6) is 1.68. The van der Waals surface area contributed by atoms with E-state index in [-0.39, 0.29) is 17.9 Å². The summed E-state index contributed by atoms with van der Waals surface area (Å²) in [5.41, 5.74) is 2.05. The first-order valence-electron chi connectivity index (χ1n) is 6.22. The molecule has 3 heteroatoms. The van der Waals surface area contributed by atoms with Crippen LogP contribution in [0, 0.1) is 0 Å². The molecule has 0 bridgehead atoms. The van der Waals surface area contributed by atoms with Gasteiger partial charge < -0.3 is 14.6 Å². The van der Waals surface area contributed by atoms with Crippen molar-refractivity contribution in [1.82, 2.24) is 0 Å². The summed E-state index contributed by atoms with van der Waals surface area (Å²) < 4.78 is 10.9. The van der Waals surface area contributed by atoms with Crippen molar-refractivity contribution in [2.45, 2.75) is 39.0 Å². The molecule has 1 N–H and O–H groups in total. The van der Waals surface area contributed by atoms with Gasteiger partial charge in [0, 0.05) is 23.7 Å². The summed E-state index contributed by atoms with van der Waals surface area (Å²) in [5, 5.41) is 9.37. The topological polar surface area (TPSA) is 38.7 Å². The van der Waals surface area contributed by atoms with E-state index in [0.717, 1.165) is 22.6 Å². The van der Waals surface area contributed by atoms with Crippen LogP contribution < -0.4 is 9.47 Å². The van der Waals surface area contributed by atoms with Gasteiger partial charge in [-0.3, -0.25) is 0 Å². The molecule has 0 aliphatic rings. The number of benzene rings is 1. The average Bonchev–Trinajstić information content (AvgIpc) is 2.34. The zero-order valence-corrected chi connectivity index (χ0v) is 12.2. The first-order chi connectivity index (χ1) is 8.35. The van der Waals surface area contributed by atoms with Crippen LogP contribution in [0.1, 0.15) is 44.7 Å². The Hall–Kier alpha value is -1.22. The Bertz CT molecular complexity index is 405. The molecule has 0 amide bonds. The molecule has 0 radical (unpaired) electrons. The first kappa shape index (κ1) is 14.8. The number of ether oxygens (including phenoxy) is 2. The van der Waals surface area contributed by atoms with Crippen LogP contribution in [0.4, 0.5) is 0 Å². The van der Waals surface area contributed by atoms with Crippen molar-refractivity contribution in [3.05, 3.63) is 23.3 Å². The minimum Gasteiger partial charge on any atom is -0.497 e. The molecule has 0 aromatic heterocycles. The second-order valence-corrected chi connectivity index (χ2v) is 5.63. The van der Waals surface area contributed by atoms with Crippen molar-refractivity contribution in [3.8, 4) is 11.5 Å². The van der Waals surface area contributed by atoms with Crippen LogP contribution in [0.5, 0.6) is 11.5 Å². The van der Waals surface area contributed by atoms with Crippen molar-refractivity contribution in [1.29, 1.82) is 0 Å². The van der Waals surface area contributed by atoms with Crippen LogP contribution >= 0.6 is 0 Å². The highest BCUT2D eigenvalue weighted by molar-refractivity contribution is 5.51. The molecule has 0 saturated heterocycles. The maximum Gasteiger partial charge on any atom is 0.126 e. The largest absolute Gasteiger partial charge is 0.497 e. The molecular formula is C15H24O3. The fraction of sp³-hybridized carbons (Fsp3) is 0.600. The Balaban J connectivity index is 3.50. The van der Waals surface area contributed by atoms with E-state index >= 15 is 0 Å². The second kappa shape index (κ2) is 5.61. The molecule has 1 unspecified atom stereocenters. The van der Waals surface area contributed by atoms with Crippen LogP contribution in [-0.2, 0) is 5.41 Å². The van der Waals surface area contributed by atoms with Gasteiger partial charge in [-0.25, -0.2) is 0 Å². The molecule has 0 fully saturated rings. The van der Waals surface area contributed by atoms with Gasteiger partial charge in [-0.2, -0.15) is 0 Å². The molecule has 102 valence electrons. The summed E-state index contributed by atoms with van der Waals surface area (Å²) in [6.45, 7) is 8.48. The fourth-order valence-electron chi connectivity index (χ4n) is 1.99. The van der Waals surface area contributed by atoms with E-state index < -0.39 is 0 Å². The fourth-order valence-corrected chi connectivity index (χ4v) is 1.99. The van der Waals surface area contributed by atoms with Crippen molar-refractivity contribution in [2.75, 3.05) is 20.8 Å². The Kier molecular flexibility index (Phi) is 4.63. The van der Waals surface area contributed by atoms with Gasteiger partial charge in [0.15, 0.2) is 0 Å². The molecular weight excluding hydrogens is 228 g/mol. The van der Waals surface area contributed by atoms with E-state index in [1.54, 1.807) is 14.2 Å². The molecule has 0 saturated carbocycles. The normalized spacial score (nSPS) is 13.3. The van der Waals surface area contributed by atoms with Gasteiger partial charge in [-0.05, 0) is 17.5 Å². The van der Waals surface area contributed by atoms with Gasteiger partial charge in [0.2, 0.25) is 0 Å². The van der Waals surface area contributed by atoms with Crippen molar-refractivity contribution < 1.29 is 14.6 Å². The van der Waals surface area contributed by atoms with Crippen LogP contribution in [0.3, 0.4) is 0 Å². The van der Waals surface area contributed by atoms with Gasteiger partial charge in [0.05, 0.1) is 14.2 Å². The van der Waals surface area contributed by atoms with Crippen LogP contribution in [0.15, 0.2) is 12.1 Å². The average molecular weight is 252 g/mol. The summed E-state index contributed by atoms with van der Waals surface area (Å²) in [6, 6.07) is 3.95. The molecule has 1 aromatic carbocycles. The third-order valence-electron chi connectivity index (χ3n) is 3.14. The number of rotatable bonds is 4. The predicted molar refractivity (Wildman–Crippen MR) is 73.7 cm³/mol. The Labute approximate surface area is 110 Å². The second-order valence-electron chi connectivity index (χ2n) is 5.63. The Morgan fingerprint density at radius 2 is 1.78 bits per heavy atom. The molecule has 0 aliphatic heterocycles. The highest BCUT2D eigenvalue weighted by atomic mass is 16.5.